The lowest BCUT2D eigenvalue weighted by atomic mass is 10.1. The minimum Gasteiger partial charge on any atom is -0.355 e. The summed E-state index contributed by atoms with van der Waals surface area (Å²) in [4.78, 5) is 25.9. The first-order chi connectivity index (χ1) is 10.6. The predicted octanol–water partition coefficient (Wildman–Crippen LogP) is 2.68. The smallest absolute Gasteiger partial charge is 0.224 e. The van der Waals surface area contributed by atoms with Gasteiger partial charge in [0.2, 0.25) is 11.8 Å². The van der Waals surface area contributed by atoms with Gasteiger partial charge in [-0.2, -0.15) is 0 Å². The summed E-state index contributed by atoms with van der Waals surface area (Å²) >= 11 is 3.46. The average Bonchev–Trinajstić information content (AvgIpc) is 3.12. The summed E-state index contributed by atoms with van der Waals surface area (Å²) in [6.07, 6.45) is 3.53. The number of amides is 2. The zero-order valence-electron chi connectivity index (χ0n) is 12.6. The normalized spacial score (nSPS) is 23.4. The minimum absolute atomic E-state index is 0.0659. The molecule has 1 heterocycles. The van der Waals surface area contributed by atoms with Crippen LogP contribution in [0, 0.1) is 5.92 Å². The fourth-order valence-electron chi connectivity index (χ4n) is 3.14. The van der Waals surface area contributed by atoms with E-state index in [2.05, 4.69) is 33.4 Å². The molecule has 0 spiro atoms. The molecule has 5 heteroatoms. The second-order valence-corrected chi connectivity index (χ2v) is 7.05. The average molecular weight is 365 g/mol. The van der Waals surface area contributed by atoms with Crippen molar-refractivity contribution in [2.24, 2.45) is 5.92 Å². The van der Waals surface area contributed by atoms with Crippen LogP contribution in [0.5, 0.6) is 0 Å². The number of rotatable bonds is 5. The Labute approximate surface area is 139 Å². The Morgan fingerprint density at radius 1 is 1.27 bits per heavy atom. The van der Waals surface area contributed by atoms with Gasteiger partial charge >= 0.3 is 0 Å². The van der Waals surface area contributed by atoms with Crippen LogP contribution in [0.4, 0.5) is 0 Å². The molecule has 1 saturated carbocycles. The van der Waals surface area contributed by atoms with Crippen molar-refractivity contribution < 1.29 is 9.59 Å². The zero-order valence-corrected chi connectivity index (χ0v) is 14.1. The molecule has 0 radical (unpaired) electrons. The van der Waals surface area contributed by atoms with E-state index in [-0.39, 0.29) is 17.7 Å². The maximum atomic E-state index is 12.1. The molecule has 2 unspecified atom stereocenters. The standard InChI is InChI=1S/C17H21BrN2O2/c18-13-5-3-4-12(10-13)14-11-15(14)17(22)19-7-6-16(21)20-8-1-2-9-20/h3-5,10,14-15H,1-2,6-9,11H2,(H,19,22). The minimum atomic E-state index is 0.0659. The Morgan fingerprint density at radius 2 is 2.05 bits per heavy atom. The summed E-state index contributed by atoms with van der Waals surface area (Å²) in [5.41, 5.74) is 1.21. The van der Waals surface area contributed by atoms with Crippen LogP contribution in [-0.4, -0.2) is 36.3 Å². The van der Waals surface area contributed by atoms with Crippen LogP contribution in [0.25, 0.3) is 0 Å². The molecule has 1 saturated heterocycles. The van der Waals surface area contributed by atoms with Gasteiger partial charge in [-0.05, 0) is 42.9 Å². The quantitative estimate of drug-likeness (QED) is 0.872. The number of halogens is 1. The first-order valence-corrected chi connectivity index (χ1v) is 8.75. The molecule has 1 aromatic carbocycles. The molecular weight excluding hydrogens is 344 g/mol. The lowest BCUT2D eigenvalue weighted by molar-refractivity contribution is -0.130. The van der Waals surface area contributed by atoms with E-state index in [1.807, 2.05) is 17.0 Å². The molecular formula is C17H21BrN2O2. The topological polar surface area (TPSA) is 49.4 Å². The van der Waals surface area contributed by atoms with Crippen molar-refractivity contribution >= 4 is 27.7 Å². The number of hydrogen-bond acceptors (Lipinski definition) is 2. The van der Waals surface area contributed by atoms with Gasteiger partial charge < -0.3 is 10.2 Å². The molecule has 22 heavy (non-hydrogen) atoms. The van der Waals surface area contributed by atoms with Crippen molar-refractivity contribution in [3.8, 4) is 0 Å². The Balaban J connectivity index is 1.41. The Bertz CT molecular complexity index is 570. The molecule has 2 fully saturated rings. The van der Waals surface area contributed by atoms with Gasteiger partial charge in [0.15, 0.2) is 0 Å². The van der Waals surface area contributed by atoms with E-state index in [0.717, 1.165) is 36.8 Å². The van der Waals surface area contributed by atoms with Crippen molar-refractivity contribution in [3.05, 3.63) is 34.3 Å². The van der Waals surface area contributed by atoms with Gasteiger partial charge in [0.1, 0.15) is 0 Å². The maximum Gasteiger partial charge on any atom is 0.224 e. The molecule has 4 nitrogen and oxygen atoms in total. The lowest BCUT2D eigenvalue weighted by Crippen LogP contribution is -2.33. The fraction of sp³-hybridized carbons (Fsp3) is 0.529. The molecule has 1 aromatic rings. The van der Waals surface area contributed by atoms with Crippen molar-refractivity contribution in [2.75, 3.05) is 19.6 Å². The lowest BCUT2D eigenvalue weighted by Gasteiger charge is -2.15. The van der Waals surface area contributed by atoms with Crippen LogP contribution < -0.4 is 5.32 Å². The monoisotopic (exact) mass is 364 g/mol. The fourth-order valence-corrected chi connectivity index (χ4v) is 3.56. The summed E-state index contributed by atoms with van der Waals surface area (Å²) in [6.45, 7) is 2.20. The Kier molecular flexibility index (Phi) is 4.81. The third kappa shape index (κ3) is 3.69. The highest BCUT2D eigenvalue weighted by Gasteiger charge is 2.43. The number of likely N-dealkylation sites (tertiary alicyclic amines) is 1. The summed E-state index contributed by atoms with van der Waals surface area (Å²) in [5.74, 6) is 0.638. The van der Waals surface area contributed by atoms with E-state index < -0.39 is 0 Å². The molecule has 1 aliphatic carbocycles. The van der Waals surface area contributed by atoms with Gasteiger partial charge in [0.05, 0.1) is 0 Å². The second kappa shape index (κ2) is 6.82. The number of hydrogen-bond donors (Lipinski definition) is 1. The van der Waals surface area contributed by atoms with Gasteiger partial charge in [-0.25, -0.2) is 0 Å². The van der Waals surface area contributed by atoms with Gasteiger partial charge in [-0.3, -0.25) is 9.59 Å². The summed E-state index contributed by atoms with van der Waals surface area (Å²) < 4.78 is 1.05. The van der Waals surface area contributed by atoms with Crippen LogP contribution in [0.15, 0.2) is 28.7 Å². The third-order valence-corrected chi connectivity index (χ3v) is 4.99. The van der Waals surface area contributed by atoms with Gasteiger partial charge in [0.25, 0.3) is 0 Å². The summed E-state index contributed by atoms with van der Waals surface area (Å²) in [6, 6.07) is 8.14. The largest absolute Gasteiger partial charge is 0.355 e. The summed E-state index contributed by atoms with van der Waals surface area (Å²) in [7, 11) is 0. The Hall–Kier alpha value is -1.36. The molecule has 2 aliphatic rings. The van der Waals surface area contributed by atoms with Crippen LogP contribution in [0.3, 0.4) is 0 Å². The molecule has 1 N–H and O–H groups in total. The molecule has 2 atom stereocenters. The molecule has 0 aromatic heterocycles. The molecule has 2 amide bonds. The van der Waals surface area contributed by atoms with Crippen LogP contribution in [0.2, 0.25) is 0 Å². The van der Waals surface area contributed by atoms with E-state index in [4.69, 9.17) is 0 Å². The van der Waals surface area contributed by atoms with Crippen LogP contribution >= 0.6 is 15.9 Å². The SMILES string of the molecule is O=C(NCCC(=O)N1CCCC1)C1CC1c1cccc(Br)c1. The van der Waals surface area contributed by atoms with Crippen LogP contribution in [-0.2, 0) is 9.59 Å². The van der Waals surface area contributed by atoms with Crippen molar-refractivity contribution in [3.63, 3.8) is 0 Å². The van der Waals surface area contributed by atoms with Gasteiger partial charge in [0, 0.05) is 36.4 Å². The van der Waals surface area contributed by atoms with E-state index in [1.54, 1.807) is 0 Å². The zero-order chi connectivity index (χ0) is 15.5. The van der Waals surface area contributed by atoms with Gasteiger partial charge in [-0.1, -0.05) is 28.1 Å². The van der Waals surface area contributed by atoms with Crippen molar-refractivity contribution in [1.29, 1.82) is 0 Å². The number of carbonyl (C=O) groups is 2. The summed E-state index contributed by atoms with van der Waals surface area (Å²) in [5, 5.41) is 2.92. The number of benzene rings is 1. The van der Waals surface area contributed by atoms with E-state index >= 15 is 0 Å². The highest BCUT2D eigenvalue weighted by molar-refractivity contribution is 9.10. The van der Waals surface area contributed by atoms with Crippen LogP contribution in [0.1, 0.15) is 37.2 Å². The molecule has 118 valence electrons. The predicted molar refractivity (Wildman–Crippen MR) is 88.4 cm³/mol. The molecule has 1 aliphatic heterocycles. The molecule has 0 bridgehead atoms. The maximum absolute atomic E-state index is 12.1. The number of carbonyl (C=O) groups excluding carboxylic acids is 2. The van der Waals surface area contributed by atoms with E-state index in [9.17, 15) is 9.59 Å². The van der Waals surface area contributed by atoms with Crippen molar-refractivity contribution in [2.45, 2.75) is 31.6 Å². The number of nitrogens with one attached hydrogen (secondary N) is 1. The van der Waals surface area contributed by atoms with Gasteiger partial charge in [-0.15, -0.1) is 0 Å². The van der Waals surface area contributed by atoms with Crippen molar-refractivity contribution in [1.82, 2.24) is 10.2 Å². The first-order valence-electron chi connectivity index (χ1n) is 7.96. The highest BCUT2D eigenvalue weighted by atomic mass is 79.9. The highest BCUT2D eigenvalue weighted by Crippen LogP contribution is 2.47. The first kappa shape index (κ1) is 15.5. The second-order valence-electron chi connectivity index (χ2n) is 6.13. The number of nitrogens with zero attached hydrogens (tertiary/aromatic N) is 1. The van der Waals surface area contributed by atoms with E-state index in [0.29, 0.717) is 18.9 Å². The third-order valence-electron chi connectivity index (χ3n) is 4.50. The van der Waals surface area contributed by atoms with E-state index in [1.165, 1.54) is 5.56 Å². The Morgan fingerprint density at radius 3 is 2.77 bits per heavy atom. The molecule has 3 rings (SSSR count).